The van der Waals surface area contributed by atoms with Gasteiger partial charge < -0.3 is 19.9 Å². The first kappa shape index (κ1) is 18.0. The third-order valence-corrected chi connectivity index (χ3v) is 5.26. The smallest absolute Gasteiger partial charge is 0.343 e. The normalized spacial score (nSPS) is 20.7. The number of esters is 1. The minimum absolute atomic E-state index is 0.306. The predicted molar refractivity (Wildman–Crippen MR) is 97.3 cm³/mol. The summed E-state index contributed by atoms with van der Waals surface area (Å²) in [4.78, 5) is 18.8. The average Bonchev–Trinajstić information content (AvgIpc) is 3.28. The molecule has 0 amide bonds. The third-order valence-electron chi connectivity index (χ3n) is 5.26. The Morgan fingerprint density at radius 2 is 2.19 bits per heavy atom. The maximum Gasteiger partial charge on any atom is 0.343 e. The van der Waals surface area contributed by atoms with Crippen molar-refractivity contribution >= 4 is 11.8 Å². The van der Waals surface area contributed by atoms with Gasteiger partial charge in [0, 0.05) is 24.9 Å². The maximum absolute atomic E-state index is 11.9. The molecule has 0 spiro atoms. The summed E-state index contributed by atoms with van der Waals surface area (Å²) >= 11 is 0. The molecule has 2 fully saturated rings. The summed E-state index contributed by atoms with van der Waals surface area (Å²) < 4.78 is 12.1. The summed E-state index contributed by atoms with van der Waals surface area (Å²) in [7, 11) is 0. The minimum Gasteiger partial charge on any atom is -0.462 e. The first-order valence-electron chi connectivity index (χ1n) is 9.70. The number of carbonyl (C=O) groups excluding carboxylic acids is 1. The number of aromatic nitrogens is 4. The summed E-state index contributed by atoms with van der Waals surface area (Å²) in [5.41, 5.74) is 6.38. The van der Waals surface area contributed by atoms with E-state index in [4.69, 9.17) is 15.0 Å². The van der Waals surface area contributed by atoms with Crippen molar-refractivity contribution in [2.45, 2.75) is 51.0 Å². The number of hydrogen-bond donors (Lipinski definition) is 1. The molecule has 0 radical (unpaired) electrons. The number of hydrogen-bond acceptors (Lipinski definition) is 8. The van der Waals surface area contributed by atoms with Crippen LogP contribution in [0.15, 0.2) is 10.7 Å². The van der Waals surface area contributed by atoms with Crippen LogP contribution in [-0.4, -0.2) is 57.0 Å². The highest BCUT2D eigenvalue weighted by Crippen LogP contribution is 2.39. The van der Waals surface area contributed by atoms with Crippen molar-refractivity contribution in [2.24, 2.45) is 0 Å². The summed E-state index contributed by atoms with van der Waals surface area (Å²) in [6.07, 6.45) is 5.98. The van der Waals surface area contributed by atoms with E-state index in [-0.39, 0.29) is 0 Å². The highest BCUT2D eigenvalue weighted by molar-refractivity contribution is 5.93. The van der Waals surface area contributed by atoms with Crippen LogP contribution in [0.25, 0.3) is 0 Å². The number of carbonyl (C=O) groups is 1. The van der Waals surface area contributed by atoms with Gasteiger partial charge in [0.1, 0.15) is 11.4 Å². The molecule has 27 heavy (non-hydrogen) atoms. The van der Waals surface area contributed by atoms with E-state index in [9.17, 15) is 4.79 Å². The van der Waals surface area contributed by atoms with Gasteiger partial charge in [0.25, 0.3) is 0 Å². The van der Waals surface area contributed by atoms with Gasteiger partial charge in [-0.1, -0.05) is 5.16 Å². The van der Waals surface area contributed by atoms with Crippen molar-refractivity contribution in [3.8, 4) is 0 Å². The number of anilines is 1. The molecule has 0 aromatic carbocycles. The second kappa shape index (κ2) is 7.67. The molecule has 3 heterocycles. The molecule has 146 valence electrons. The molecular weight excluding hydrogens is 348 g/mol. The molecule has 1 aliphatic heterocycles. The van der Waals surface area contributed by atoms with Crippen LogP contribution in [0.5, 0.6) is 0 Å². The van der Waals surface area contributed by atoms with E-state index >= 15 is 0 Å². The quantitative estimate of drug-likeness (QED) is 0.730. The predicted octanol–water partition coefficient (Wildman–Crippen LogP) is 1.78. The van der Waals surface area contributed by atoms with Crippen molar-refractivity contribution < 1.29 is 14.1 Å². The SMILES string of the molecule is CCOC(=O)c1cnn(CCN2CCCC(c3noc(C4CC4)n3)C2)c1N. The van der Waals surface area contributed by atoms with E-state index in [0.717, 1.165) is 57.0 Å². The monoisotopic (exact) mass is 374 g/mol. The van der Waals surface area contributed by atoms with Crippen molar-refractivity contribution in [1.29, 1.82) is 0 Å². The van der Waals surface area contributed by atoms with Crippen molar-refractivity contribution in [3.05, 3.63) is 23.5 Å². The second-order valence-electron chi connectivity index (χ2n) is 7.29. The fraction of sp³-hybridized carbons (Fsp3) is 0.667. The number of nitrogens with zero attached hydrogens (tertiary/aromatic N) is 5. The minimum atomic E-state index is -0.428. The summed E-state index contributed by atoms with van der Waals surface area (Å²) in [5.74, 6) is 2.36. The Balaban J connectivity index is 1.33. The molecule has 1 atom stereocenters. The lowest BCUT2D eigenvalue weighted by atomic mass is 9.97. The number of piperidine rings is 1. The van der Waals surface area contributed by atoms with Gasteiger partial charge in [-0.25, -0.2) is 9.48 Å². The number of nitrogens with two attached hydrogens (primary N) is 1. The van der Waals surface area contributed by atoms with Crippen LogP contribution < -0.4 is 5.73 Å². The Morgan fingerprint density at radius 3 is 2.96 bits per heavy atom. The number of likely N-dealkylation sites (tertiary alicyclic amines) is 1. The zero-order chi connectivity index (χ0) is 18.8. The van der Waals surface area contributed by atoms with Gasteiger partial charge in [0.15, 0.2) is 5.82 Å². The molecule has 0 bridgehead atoms. The highest BCUT2D eigenvalue weighted by atomic mass is 16.5. The summed E-state index contributed by atoms with van der Waals surface area (Å²) in [6.45, 7) is 5.43. The summed E-state index contributed by atoms with van der Waals surface area (Å²) in [6, 6.07) is 0. The van der Waals surface area contributed by atoms with Crippen LogP contribution in [0.2, 0.25) is 0 Å². The van der Waals surface area contributed by atoms with Crippen LogP contribution in [0.3, 0.4) is 0 Å². The number of ether oxygens (including phenoxy) is 1. The Morgan fingerprint density at radius 1 is 1.33 bits per heavy atom. The van der Waals surface area contributed by atoms with Gasteiger partial charge in [-0.3, -0.25) is 0 Å². The zero-order valence-electron chi connectivity index (χ0n) is 15.6. The van der Waals surface area contributed by atoms with Crippen LogP contribution in [0.1, 0.15) is 66.5 Å². The molecule has 2 aromatic heterocycles. The Labute approximate surface area is 157 Å². The molecule has 2 N–H and O–H groups in total. The van der Waals surface area contributed by atoms with E-state index in [1.807, 2.05) is 0 Å². The van der Waals surface area contributed by atoms with Crippen molar-refractivity contribution in [3.63, 3.8) is 0 Å². The first-order valence-corrected chi connectivity index (χ1v) is 9.70. The topological polar surface area (TPSA) is 112 Å². The van der Waals surface area contributed by atoms with E-state index in [1.165, 1.54) is 6.20 Å². The van der Waals surface area contributed by atoms with Crippen molar-refractivity contribution in [2.75, 3.05) is 32.0 Å². The Kier molecular flexibility index (Phi) is 5.11. The van der Waals surface area contributed by atoms with Gasteiger partial charge >= 0.3 is 5.97 Å². The van der Waals surface area contributed by atoms with Gasteiger partial charge in [-0.2, -0.15) is 10.1 Å². The molecule has 9 heteroatoms. The fourth-order valence-corrected chi connectivity index (χ4v) is 3.55. The van der Waals surface area contributed by atoms with E-state index in [0.29, 0.717) is 36.4 Å². The van der Waals surface area contributed by atoms with Crippen LogP contribution in [-0.2, 0) is 11.3 Å². The lowest BCUT2D eigenvalue weighted by molar-refractivity contribution is 0.0527. The summed E-state index contributed by atoms with van der Waals surface area (Å²) in [5, 5.41) is 8.44. The average molecular weight is 374 g/mol. The molecule has 9 nitrogen and oxygen atoms in total. The Hall–Kier alpha value is -2.42. The van der Waals surface area contributed by atoms with E-state index in [2.05, 4.69) is 20.1 Å². The van der Waals surface area contributed by atoms with Crippen LogP contribution in [0, 0.1) is 0 Å². The van der Waals surface area contributed by atoms with E-state index < -0.39 is 5.97 Å². The molecule has 1 aliphatic carbocycles. The second-order valence-corrected chi connectivity index (χ2v) is 7.29. The molecule has 1 saturated carbocycles. The standard InChI is InChI=1S/C18H26N6O3/c1-2-26-18(25)14-10-20-24(15(14)19)9-8-23-7-3-4-13(11-23)16-21-17(27-22-16)12-5-6-12/h10,12-13H,2-9,11,19H2,1H3. The van der Waals surface area contributed by atoms with Gasteiger partial charge in [-0.05, 0) is 39.2 Å². The number of nitrogen functional groups attached to an aromatic ring is 1. The third kappa shape index (κ3) is 3.97. The molecular formula is C18H26N6O3. The lowest BCUT2D eigenvalue weighted by Gasteiger charge is -2.31. The maximum atomic E-state index is 11.9. The molecule has 2 aromatic rings. The van der Waals surface area contributed by atoms with Crippen LogP contribution in [0.4, 0.5) is 5.82 Å². The van der Waals surface area contributed by atoms with Gasteiger partial charge in [0.2, 0.25) is 5.89 Å². The number of rotatable bonds is 7. The molecule has 1 unspecified atom stereocenters. The van der Waals surface area contributed by atoms with Crippen LogP contribution >= 0.6 is 0 Å². The first-order chi connectivity index (χ1) is 13.2. The molecule has 1 saturated heterocycles. The highest BCUT2D eigenvalue weighted by Gasteiger charge is 2.32. The van der Waals surface area contributed by atoms with Gasteiger partial charge in [0.05, 0.1) is 19.3 Å². The lowest BCUT2D eigenvalue weighted by Crippen LogP contribution is -2.37. The molecule has 2 aliphatic rings. The fourth-order valence-electron chi connectivity index (χ4n) is 3.55. The van der Waals surface area contributed by atoms with Crippen molar-refractivity contribution in [1.82, 2.24) is 24.8 Å². The Bertz CT molecular complexity index is 797. The zero-order valence-corrected chi connectivity index (χ0v) is 15.6. The largest absolute Gasteiger partial charge is 0.462 e. The van der Waals surface area contributed by atoms with E-state index in [1.54, 1.807) is 11.6 Å². The molecule has 4 rings (SSSR count). The van der Waals surface area contributed by atoms with Gasteiger partial charge in [-0.15, -0.1) is 0 Å².